The predicted octanol–water partition coefficient (Wildman–Crippen LogP) is 0.435. The number of nitrogens with one attached hydrogen (secondary N) is 1. The van der Waals surface area contributed by atoms with E-state index < -0.39 is 5.97 Å². The van der Waals surface area contributed by atoms with Crippen molar-refractivity contribution >= 4 is 17.3 Å². The molecule has 1 saturated heterocycles. The molecule has 1 aromatic heterocycles. The fourth-order valence-corrected chi connectivity index (χ4v) is 3.13. The molecule has 1 fully saturated rings. The number of carbonyl (C=O) groups is 1. The molecule has 0 saturated carbocycles. The average Bonchev–Trinajstić information content (AvgIpc) is 2.81. The third-order valence-electron chi connectivity index (χ3n) is 3.04. The molecule has 1 aliphatic rings. The van der Waals surface area contributed by atoms with E-state index in [4.69, 9.17) is 4.74 Å². The van der Waals surface area contributed by atoms with Crippen LogP contribution in [-0.2, 0) is 17.7 Å². The molecular formula is C12H19N3O3S. The Morgan fingerprint density at radius 1 is 1.53 bits per heavy atom. The molecule has 2 rings (SSSR count). The number of thiazole rings is 1. The van der Waals surface area contributed by atoms with Gasteiger partial charge in [-0.3, -0.25) is 4.90 Å². The molecule has 0 atom stereocenters. The highest BCUT2D eigenvalue weighted by atomic mass is 32.1. The summed E-state index contributed by atoms with van der Waals surface area (Å²) >= 11 is 1.49. The van der Waals surface area contributed by atoms with Crippen LogP contribution in [0.15, 0.2) is 0 Å². The van der Waals surface area contributed by atoms with Crippen LogP contribution in [0.3, 0.4) is 0 Å². The molecule has 1 aromatic rings. The molecule has 0 unspecified atom stereocenters. The number of ether oxygens (including phenoxy) is 1. The number of hydrogen-bond acceptors (Lipinski definition) is 6. The largest absolute Gasteiger partial charge is 0.476 e. The number of methoxy groups -OCH3 is 1. The van der Waals surface area contributed by atoms with Crippen molar-refractivity contribution in [2.45, 2.75) is 13.0 Å². The van der Waals surface area contributed by atoms with Crippen LogP contribution in [0.1, 0.15) is 20.4 Å². The van der Waals surface area contributed by atoms with Gasteiger partial charge in [0.15, 0.2) is 5.69 Å². The Balaban J connectivity index is 2.07. The third-order valence-corrected chi connectivity index (χ3v) is 4.14. The number of aromatic nitrogens is 1. The minimum absolute atomic E-state index is 0.203. The highest BCUT2D eigenvalue weighted by Crippen LogP contribution is 2.21. The monoisotopic (exact) mass is 285 g/mol. The summed E-state index contributed by atoms with van der Waals surface area (Å²) in [5.74, 6) is -0.940. The standard InChI is InChI=1S/C12H19N3O3S/c1-18-7-2-10-14-11(12(16)17)9(19-10)8-15-5-3-13-4-6-15/h13H,2-8H2,1H3,(H,16,17). The van der Waals surface area contributed by atoms with Gasteiger partial charge in [0.1, 0.15) is 0 Å². The van der Waals surface area contributed by atoms with E-state index >= 15 is 0 Å². The van der Waals surface area contributed by atoms with Crippen molar-refractivity contribution < 1.29 is 14.6 Å². The van der Waals surface area contributed by atoms with Gasteiger partial charge < -0.3 is 15.2 Å². The van der Waals surface area contributed by atoms with Gasteiger partial charge in [0, 0.05) is 46.3 Å². The predicted molar refractivity (Wildman–Crippen MR) is 72.8 cm³/mol. The highest BCUT2D eigenvalue weighted by molar-refractivity contribution is 7.11. The Bertz CT molecular complexity index is 430. The maximum absolute atomic E-state index is 11.2. The summed E-state index contributed by atoms with van der Waals surface area (Å²) in [5.41, 5.74) is 0.203. The van der Waals surface area contributed by atoms with Gasteiger partial charge in [-0.05, 0) is 0 Å². The number of carboxylic acids is 1. The fourth-order valence-electron chi connectivity index (χ4n) is 2.04. The van der Waals surface area contributed by atoms with Gasteiger partial charge in [-0.1, -0.05) is 0 Å². The minimum Gasteiger partial charge on any atom is -0.476 e. The van der Waals surface area contributed by atoms with Gasteiger partial charge in [0.2, 0.25) is 0 Å². The lowest BCUT2D eigenvalue weighted by Gasteiger charge is -2.26. The molecule has 19 heavy (non-hydrogen) atoms. The van der Waals surface area contributed by atoms with Crippen molar-refractivity contribution in [3.63, 3.8) is 0 Å². The normalized spacial score (nSPS) is 16.7. The van der Waals surface area contributed by atoms with E-state index in [0.29, 0.717) is 19.6 Å². The molecule has 0 aliphatic carbocycles. The topological polar surface area (TPSA) is 74.7 Å². The van der Waals surface area contributed by atoms with Crippen LogP contribution in [0, 0.1) is 0 Å². The van der Waals surface area contributed by atoms with Crippen molar-refractivity contribution in [3.8, 4) is 0 Å². The molecule has 0 radical (unpaired) electrons. The van der Waals surface area contributed by atoms with E-state index in [-0.39, 0.29) is 5.69 Å². The molecule has 2 heterocycles. The second-order valence-electron chi connectivity index (χ2n) is 4.45. The lowest BCUT2D eigenvalue weighted by Crippen LogP contribution is -2.42. The molecule has 0 aromatic carbocycles. The van der Waals surface area contributed by atoms with Gasteiger partial charge in [-0.2, -0.15) is 0 Å². The molecule has 7 heteroatoms. The summed E-state index contributed by atoms with van der Waals surface area (Å²) < 4.78 is 5.01. The van der Waals surface area contributed by atoms with Gasteiger partial charge in [-0.25, -0.2) is 9.78 Å². The number of aromatic carboxylic acids is 1. The summed E-state index contributed by atoms with van der Waals surface area (Å²) in [6.45, 7) is 5.05. The van der Waals surface area contributed by atoms with E-state index in [1.807, 2.05) is 0 Å². The minimum atomic E-state index is -0.940. The number of rotatable bonds is 6. The Hall–Kier alpha value is -1.02. The van der Waals surface area contributed by atoms with E-state index in [0.717, 1.165) is 36.1 Å². The van der Waals surface area contributed by atoms with Crippen LogP contribution >= 0.6 is 11.3 Å². The molecule has 106 valence electrons. The Kier molecular flexibility index (Phi) is 5.26. The highest BCUT2D eigenvalue weighted by Gasteiger charge is 2.20. The summed E-state index contributed by atoms with van der Waals surface area (Å²) in [5, 5.41) is 13.3. The van der Waals surface area contributed by atoms with E-state index in [9.17, 15) is 9.90 Å². The van der Waals surface area contributed by atoms with Crippen LogP contribution in [-0.4, -0.2) is 60.9 Å². The van der Waals surface area contributed by atoms with Gasteiger partial charge in [-0.15, -0.1) is 11.3 Å². The van der Waals surface area contributed by atoms with Crippen molar-refractivity contribution in [2.75, 3.05) is 39.9 Å². The van der Waals surface area contributed by atoms with Gasteiger partial charge in [0.05, 0.1) is 16.5 Å². The summed E-state index contributed by atoms with van der Waals surface area (Å²) in [4.78, 5) is 18.6. The number of nitrogens with zero attached hydrogens (tertiary/aromatic N) is 2. The van der Waals surface area contributed by atoms with Gasteiger partial charge in [0.25, 0.3) is 0 Å². The first-order chi connectivity index (χ1) is 9.20. The summed E-state index contributed by atoms with van der Waals surface area (Å²) in [7, 11) is 1.63. The van der Waals surface area contributed by atoms with E-state index in [1.165, 1.54) is 11.3 Å². The smallest absolute Gasteiger partial charge is 0.355 e. The Morgan fingerprint density at radius 2 is 2.26 bits per heavy atom. The third kappa shape index (κ3) is 3.97. The van der Waals surface area contributed by atoms with E-state index in [2.05, 4.69) is 15.2 Å². The number of carboxylic acid groups (broad SMARTS) is 1. The first-order valence-electron chi connectivity index (χ1n) is 6.34. The van der Waals surface area contributed by atoms with Crippen LogP contribution in [0.2, 0.25) is 0 Å². The zero-order chi connectivity index (χ0) is 13.7. The van der Waals surface area contributed by atoms with Crippen LogP contribution in [0.4, 0.5) is 0 Å². The first kappa shape index (κ1) is 14.4. The molecule has 2 N–H and O–H groups in total. The summed E-state index contributed by atoms with van der Waals surface area (Å²) in [6, 6.07) is 0. The van der Waals surface area contributed by atoms with Crippen molar-refractivity contribution in [1.29, 1.82) is 0 Å². The lowest BCUT2D eigenvalue weighted by molar-refractivity contribution is 0.0688. The second-order valence-corrected chi connectivity index (χ2v) is 5.62. The van der Waals surface area contributed by atoms with E-state index in [1.54, 1.807) is 7.11 Å². The lowest BCUT2D eigenvalue weighted by atomic mass is 10.3. The second kappa shape index (κ2) is 6.95. The first-order valence-corrected chi connectivity index (χ1v) is 7.16. The number of hydrogen-bond donors (Lipinski definition) is 2. The van der Waals surface area contributed by atoms with Crippen LogP contribution in [0.5, 0.6) is 0 Å². The Morgan fingerprint density at radius 3 is 2.89 bits per heavy atom. The van der Waals surface area contributed by atoms with Gasteiger partial charge >= 0.3 is 5.97 Å². The van der Waals surface area contributed by atoms with Crippen LogP contribution in [0.25, 0.3) is 0 Å². The molecular weight excluding hydrogens is 266 g/mol. The number of piperazine rings is 1. The zero-order valence-electron chi connectivity index (χ0n) is 11.0. The summed E-state index contributed by atoms with van der Waals surface area (Å²) in [6.07, 6.45) is 0.670. The maximum atomic E-state index is 11.2. The average molecular weight is 285 g/mol. The zero-order valence-corrected chi connectivity index (χ0v) is 11.8. The van der Waals surface area contributed by atoms with Crippen molar-refractivity contribution in [3.05, 3.63) is 15.6 Å². The molecule has 6 nitrogen and oxygen atoms in total. The fraction of sp³-hybridized carbons (Fsp3) is 0.667. The van der Waals surface area contributed by atoms with Crippen molar-refractivity contribution in [1.82, 2.24) is 15.2 Å². The SMILES string of the molecule is COCCc1nc(C(=O)O)c(CN2CCNCC2)s1. The van der Waals surface area contributed by atoms with Crippen molar-refractivity contribution in [2.24, 2.45) is 0 Å². The van der Waals surface area contributed by atoms with Crippen LogP contribution < -0.4 is 5.32 Å². The molecule has 0 bridgehead atoms. The maximum Gasteiger partial charge on any atom is 0.355 e. The molecule has 0 amide bonds. The Labute approximate surface area is 116 Å². The molecule has 1 aliphatic heterocycles. The molecule has 0 spiro atoms. The quantitative estimate of drug-likeness (QED) is 0.790.